The van der Waals surface area contributed by atoms with Crippen molar-refractivity contribution in [3.05, 3.63) is 29.3 Å². The number of aryl methyl sites for hydroxylation is 2. The highest BCUT2D eigenvalue weighted by Gasteiger charge is 2.31. The van der Waals surface area contributed by atoms with Gasteiger partial charge in [0.05, 0.1) is 5.60 Å². The average Bonchev–Trinajstić information content (AvgIpc) is 2.78. The van der Waals surface area contributed by atoms with E-state index in [1.165, 1.54) is 5.56 Å². The van der Waals surface area contributed by atoms with E-state index in [9.17, 15) is 9.90 Å². The SMILES string of the molecule is Cc1ccc(NC(=O)NCC2(O)CCCC2)c(C)c1. The van der Waals surface area contributed by atoms with E-state index in [0.717, 1.165) is 36.9 Å². The lowest BCUT2D eigenvalue weighted by molar-refractivity contribution is 0.0506. The maximum absolute atomic E-state index is 11.8. The van der Waals surface area contributed by atoms with Crippen LogP contribution in [0, 0.1) is 13.8 Å². The number of aliphatic hydroxyl groups is 1. The lowest BCUT2D eigenvalue weighted by Gasteiger charge is -2.22. The molecule has 0 bridgehead atoms. The summed E-state index contributed by atoms with van der Waals surface area (Å²) in [4.78, 5) is 11.8. The molecule has 0 heterocycles. The fourth-order valence-corrected chi connectivity index (χ4v) is 2.58. The van der Waals surface area contributed by atoms with Gasteiger partial charge in [-0.25, -0.2) is 4.79 Å². The highest BCUT2D eigenvalue weighted by atomic mass is 16.3. The van der Waals surface area contributed by atoms with Gasteiger partial charge in [0.25, 0.3) is 0 Å². The molecule has 4 heteroatoms. The summed E-state index contributed by atoms with van der Waals surface area (Å²) < 4.78 is 0. The maximum atomic E-state index is 11.8. The molecular weight excluding hydrogens is 240 g/mol. The molecule has 1 aliphatic carbocycles. The first kappa shape index (κ1) is 13.9. The Balaban J connectivity index is 1.87. The normalized spacial score (nSPS) is 17.2. The topological polar surface area (TPSA) is 61.4 Å². The Morgan fingerprint density at radius 3 is 2.63 bits per heavy atom. The molecule has 0 aliphatic heterocycles. The number of hydrogen-bond donors (Lipinski definition) is 3. The molecule has 0 unspecified atom stereocenters. The molecule has 104 valence electrons. The van der Waals surface area contributed by atoms with Gasteiger partial charge in [0.1, 0.15) is 0 Å². The van der Waals surface area contributed by atoms with Gasteiger partial charge in [0, 0.05) is 12.2 Å². The molecule has 1 aliphatic rings. The van der Waals surface area contributed by atoms with Gasteiger partial charge in [-0.15, -0.1) is 0 Å². The number of urea groups is 1. The number of carbonyl (C=O) groups is 1. The average molecular weight is 262 g/mol. The molecule has 2 rings (SSSR count). The van der Waals surface area contributed by atoms with Crippen molar-refractivity contribution in [3.8, 4) is 0 Å². The lowest BCUT2D eigenvalue weighted by Crippen LogP contribution is -2.42. The Hall–Kier alpha value is -1.55. The van der Waals surface area contributed by atoms with E-state index >= 15 is 0 Å². The van der Waals surface area contributed by atoms with Crippen LogP contribution >= 0.6 is 0 Å². The van der Waals surface area contributed by atoms with Crippen molar-refractivity contribution in [2.24, 2.45) is 0 Å². The summed E-state index contributed by atoms with van der Waals surface area (Å²) in [6, 6.07) is 5.63. The van der Waals surface area contributed by atoms with Crippen molar-refractivity contribution in [2.45, 2.75) is 45.1 Å². The van der Waals surface area contributed by atoms with Gasteiger partial charge >= 0.3 is 6.03 Å². The summed E-state index contributed by atoms with van der Waals surface area (Å²) in [7, 11) is 0. The maximum Gasteiger partial charge on any atom is 0.319 e. The summed E-state index contributed by atoms with van der Waals surface area (Å²) >= 11 is 0. The second-order valence-corrected chi connectivity index (χ2v) is 5.56. The molecule has 0 atom stereocenters. The van der Waals surface area contributed by atoms with E-state index in [-0.39, 0.29) is 6.03 Å². The minimum atomic E-state index is -0.709. The standard InChI is InChI=1S/C15H22N2O2/c1-11-5-6-13(12(2)9-11)17-14(18)16-10-15(19)7-3-4-8-15/h5-6,9,19H,3-4,7-8,10H2,1-2H3,(H2,16,17,18). The number of carbonyl (C=O) groups excluding carboxylic acids is 1. The summed E-state index contributed by atoms with van der Waals surface area (Å²) in [5.74, 6) is 0. The van der Waals surface area contributed by atoms with Crippen molar-refractivity contribution in [2.75, 3.05) is 11.9 Å². The molecule has 2 amide bonds. The zero-order valence-electron chi connectivity index (χ0n) is 11.6. The third-order valence-electron chi connectivity index (χ3n) is 3.74. The predicted octanol–water partition coefficient (Wildman–Crippen LogP) is 2.73. The van der Waals surface area contributed by atoms with Crippen LogP contribution in [0.1, 0.15) is 36.8 Å². The zero-order valence-corrected chi connectivity index (χ0v) is 11.6. The van der Waals surface area contributed by atoms with Crippen LogP contribution in [0.15, 0.2) is 18.2 Å². The van der Waals surface area contributed by atoms with E-state index < -0.39 is 5.60 Å². The first-order valence-corrected chi connectivity index (χ1v) is 6.83. The number of benzene rings is 1. The number of rotatable bonds is 3. The number of nitrogens with one attached hydrogen (secondary N) is 2. The van der Waals surface area contributed by atoms with E-state index in [2.05, 4.69) is 10.6 Å². The Labute approximate surface area is 114 Å². The van der Waals surface area contributed by atoms with Gasteiger partial charge in [-0.05, 0) is 38.3 Å². The van der Waals surface area contributed by atoms with Crippen LogP contribution in [0.3, 0.4) is 0 Å². The Bertz CT molecular complexity index is 465. The van der Waals surface area contributed by atoms with Crippen LogP contribution < -0.4 is 10.6 Å². The van der Waals surface area contributed by atoms with Gasteiger partial charge in [-0.3, -0.25) is 0 Å². The van der Waals surface area contributed by atoms with Gasteiger partial charge in [0.15, 0.2) is 0 Å². The smallest absolute Gasteiger partial charge is 0.319 e. The second-order valence-electron chi connectivity index (χ2n) is 5.56. The first-order valence-electron chi connectivity index (χ1n) is 6.83. The number of anilines is 1. The van der Waals surface area contributed by atoms with E-state index in [4.69, 9.17) is 0 Å². The molecule has 1 aromatic rings. The lowest BCUT2D eigenvalue weighted by atomic mass is 10.0. The Morgan fingerprint density at radius 1 is 1.32 bits per heavy atom. The molecule has 4 nitrogen and oxygen atoms in total. The molecule has 0 saturated heterocycles. The fraction of sp³-hybridized carbons (Fsp3) is 0.533. The quantitative estimate of drug-likeness (QED) is 0.784. The van der Waals surface area contributed by atoms with Crippen LogP contribution in [0.4, 0.5) is 10.5 Å². The Morgan fingerprint density at radius 2 is 2.00 bits per heavy atom. The van der Waals surface area contributed by atoms with Crippen molar-refractivity contribution in [3.63, 3.8) is 0 Å². The number of hydrogen-bond acceptors (Lipinski definition) is 2. The van der Waals surface area contributed by atoms with Gasteiger partial charge in [0.2, 0.25) is 0 Å². The third-order valence-corrected chi connectivity index (χ3v) is 3.74. The molecule has 3 N–H and O–H groups in total. The van der Waals surface area contributed by atoms with E-state index in [1.807, 2.05) is 32.0 Å². The summed E-state index contributed by atoms with van der Waals surface area (Å²) in [5, 5.41) is 15.7. The minimum absolute atomic E-state index is 0.257. The van der Waals surface area contributed by atoms with Crippen molar-refractivity contribution in [1.29, 1.82) is 0 Å². The third kappa shape index (κ3) is 3.70. The first-order chi connectivity index (χ1) is 8.98. The molecule has 0 aromatic heterocycles. The molecule has 0 spiro atoms. The van der Waals surface area contributed by atoms with Gasteiger partial charge < -0.3 is 15.7 Å². The van der Waals surface area contributed by atoms with Gasteiger partial charge in [-0.1, -0.05) is 30.5 Å². The summed E-state index contributed by atoms with van der Waals surface area (Å²) in [5.41, 5.74) is 2.31. The Kier molecular flexibility index (Phi) is 4.10. The zero-order chi connectivity index (χ0) is 13.9. The largest absolute Gasteiger partial charge is 0.388 e. The van der Waals surface area contributed by atoms with Crippen LogP contribution in [-0.2, 0) is 0 Å². The van der Waals surface area contributed by atoms with E-state index in [1.54, 1.807) is 0 Å². The van der Waals surface area contributed by atoms with Crippen molar-refractivity contribution in [1.82, 2.24) is 5.32 Å². The molecule has 1 aromatic carbocycles. The predicted molar refractivity (Wildman–Crippen MR) is 76.4 cm³/mol. The summed E-state index contributed by atoms with van der Waals surface area (Å²) in [6.07, 6.45) is 3.63. The second kappa shape index (κ2) is 5.61. The van der Waals surface area contributed by atoms with Crippen molar-refractivity contribution < 1.29 is 9.90 Å². The van der Waals surface area contributed by atoms with Crippen LogP contribution in [-0.4, -0.2) is 23.3 Å². The minimum Gasteiger partial charge on any atom is -0.388 e. The van der Waals surface area contributed by atoms with E-state index in [0.29, 0.717) is 6.54 Å². The monoisotopic (exact) mass is 262 g/mol. The summed E-state index contributed by atoms with van der Waals surface area (Å²) in [6.45, 7) is 4.31. The number of amides is 2. The molecule has 0 radical (unpaired) electrons. The molecule has 1 fully saturated rings. The molecule has 19 heavy (non-hydrogen) atoms. The van der Waals surface area contributed by atoms with Gasteiger partial charge in [-0.2, -0.15) is 0 Å². The van der Waals surface area contributed by atoms with Crippen molar-refractivity contribution >= 4 is 11.7 Å². The fourth-order valence-electron chi connectivity index (χ4n) is 2.58. The van der Waals surface area contributed by atoms with Crippen LogP contribution in [0.25, 0.3) is 0 Å². The molecular formula is C15H22N2O2. The highest BCUT2D eigenvalue weighted by Crippen LogP contribution is 2.28. The van der Waals surface area contributed by atoms with Crippen LogP contribution in [0.5, 0.6) is 0 Å². The molecule has 1 saturated carbocycles. The van der Waals surface area contributed by atoms with Crippen LogP contribution in [0.2, 0.25) is 0 Å². The highest BCUT2D eigenvalue weighted by molar-refractivity contribution is 5.90.